The van der Waals surface area contributed by atoms with Gasteiger partial charge >= 0.3 is 5.69 Å². The Kier molecular flexibility index (Phi) is 5.93. The molecule has 27 heavy (non-hydrogen) atoms. The van der Waals surface area contributed by atoms with Crippen molar-refractivity contribution in [2.45, 2.75) is 19.4 Å². The molecule has 1 unspecified atom stereocenters. The number of hydrogen-bond acceptors (Lipinski definition) is 4. The Morgan fingerprint density at radius 3 is 2.81 bits per heavy atom. The molecule has 0 spiro atoms. The minimum absolute atomic E-state index is 0. The van der Waals surface area contributed by atoms with Gasteiger partial charge in [0.2, 0.25) is 0 Å². The first kappa shape index (κ1) is 19.1. The Morgan fingerprint density at radius 1 is 1.15 bits per heavy atom. The number of H-pyrrole nitrogens is 2. The van der Waals surface area contributed by atoms with E-state index < -0.39 is 0 Å². The number of aromatic amines is 2. The highest BCUT2D eigenvalue weighted by Gasteiger charge is 2.16. The summed E-state index contributed by atoms with van der Waals surface area (Å²) in [5.41, 5.74) is 3.84. The highest BCUT2D eigenvalue weighted by atomic mass is 35.5. The number of fused-ring (bicyclic) bond motifs is 1. The van der Waals surface area contributed by atoms with E-state index in [2.05, 4.69) is 25.6 Å². The molecule has 1 fully saturated rings. The molecule has 1 amide bonds. The van der Waals surface area contributed by atoms with Gasteiger partial charge in [-0.2, -0.15) is 0 Å². The van der Waals surface area contributed by atoms with Crippen molar-refractivity contribution in [2.75, 3.05) is 13.1 Å². The Balaban J connectivity index is 0.00000210. The molecule has 142 valence electrons. The van der Waals surface area contributed by atoms with Gasteiger partial charge in [-0.05, 0) is 61.2 Å². The maximum atomic E-state index is 12.4. The van der Waals surface area contributed by atoms with Gasteiger partial charge in [0.25, 0.3) is 5.91 Å². The SMILES string of the molecule is Cl.O=C(NCc1ccc2[nH]c(=O)[nH]c2c1)c1cncc(CC2CCNC2)c1. The number of nitrogens with zero attached hydrogens (tertiary/aromatic N) is 1. The van der Waals surface area contributed by atoms with Crippen molar-refractivity contribution in [3.63, 3.8) is 0 Å². The van der Waals surface area contributed by atoms with Crippen LogP contribution < -0.4 is 16.3 Å². The van der Waals surface area contributed by atoms with Crippen LogP contribution in [0.4, 0.5) is 0 Å². The van der Waals surface area contributed by atoms with Crippen molar-refractivity contribution < 1.29 is 4.79 Å². The first-order chi connectivity index (χ1) is 12.7. The number of carbonyl (C=O) groups is 1. The molecule has 1 saturated heterocycles. The van der Waals surface area contributed by atoms with Crippen molar-refractivity contribution in [1.82, 2.24) is 25.6 Å². The van der Waals surface area contributed by atoms with Crippen LogP contribution in [0.25, 0.3) is 11.0 Å². The van der Waals surface area contributed by atoms with Crippen molar-refractivity contribution in [1.29, 1.82) is 0 Å². The van der Waals surface area contributed by atoms with E-state index in [4.69, 9.17) is 0 Å². The van der Waals surface area contributed by atoms with Gasteiger partial charge in [-0.3, -0.25) is 9.78 Å². The largest absolute Gasteiger partial charge is 0.348 e. The lowest BCUT2D eigenvalue weighted by Crippen LogP contribution is -2.23. The van der Waals surface area contributed by atoms with Crippen LogP contribution in [-0.2, 0) is 13.0 Å². The minimum atomic E-state index is -0.235. The minimum Gasteiger partial charge on any atom is -0.348 e. The maximum absolute atomic E-state index is 12.4. The fourth-order valence-electron chi connectivity index (χ4n) is 3.42. The molecule has 8 heteroatoms. The Labute approximate surface area is 162 Å². The van der Waals surface area contributed by atoms with Crippen molar-refractivity contribution in [3.05, 3.63) is 63.8 Å². The zero-order valence-electron chi connectivity index (χ0n) is 14.7. The molecule has 0 aliphatic carbocycles. The van der Waals surface area contributed by atoms with Crippen LogP contribution in [0.2, 0.25) is 0 Å². The van der Waals surface area contributed by atoms with E-state index in [-0.39, 0.29) is 24.0 Å². The lowest BCUT2D eigenvalue weighted by molar-refractivity contribution is 0.0950. The molecule has 1 atom stereocenters. The first-order valence-electron chi connectivity index (χ1n) is 8.81. The van der Waals surface area contributed by atoms with E-state index >= 15 is 0 Å². The number of nitrogens with one attached hydrogen (secondary N) is 4. The lowest BCUT2D eigenvalue weighted by atomic mass is 9.99. The predicted octanol–water partition coefficient (Wildman–Crippen LogP) is 1.75. The smallest absolute Gasteiger partial charge is 0.323 e. The van der Waals surface area contributed by atoms with Crippen molar-refractivity contribution in [2.24, 2.45) is 5.92 Å². The Morgan fingerprint density at radius 2 is 2.00 bits per heavy atom. The number of carbonyl (C=O) groups excluding carboxylic acids is 1. The number of pyridine rings is 1. The van der Waals surface area contributed by atoms with E-state index in [1.54, 1.807) is 6.20 Å². The number of imidazole rings is 1. The zero-order chi connectivity index (χ0) is 17.9. The number of halogens is 1. The highest BCUT2D eigenvalue weighted by molar-refractivity contribution is 5.94. The van der Waals surface area contributed by atoms with Crippen LogP contribution in [0.3, 0.4) is 0 Å². The van der Waals surface area contributed by atoms with Gasteiger partial charge < -0.3 is 20.6 Å². The Hall–Kier alpha value is -2.64. The molecule has 0 bridgehead atoms. The normalized spacial score (nSPS) is 16.2. The molecule has 1 aliphatic heterocycles. The molecule has 3 aromatic rings. The molecule has 1 aromatic carbocycles. The van der Waals surface area contributed by atoms with E-state index in [0.717, 1.165) is 41.7 Å². The summed E-state index contributed by atoms with van der Waals surface area (Å²) in [6.07, 6.45) is 5.54. The van der Waals surface area contributed by atoms with Crippen LogP contribution in [0.5, 0.6) is 0 Å². The van der Waals surface area contributed by atoms with Gasteiger partial charge in [0.1, 0.15) is 0 Å². The topological polar surface area (TPSA) is 103 Å². The molecule has 1 aliphatic rings. The van der Waals surface area contributed by atoms with Gasteiger partial charge in [0.15, 0.2) is 0 Å². The highest BCUT2D eigenvalue weighted by Crippen LogP contribution is 2.15. The summed E-state index contributed by atoms with van der Waals surface area (Å²) in [7, 11) is 0. The number of amides is 1. The fraction of sp³-hybridized carbons (Fsp3) is 0.316. The Bertz CT molecular complexity index is 991. The van der Waals surface area contributed by atoms with E-state index in [1.165, 1.54) is 6.42 Å². The summed E-state index contributed by atoms with van der Waals surface area (Å²) in [6.45, 7) is 2.48. The second kappa shape index (κ2) is 8.37. The van der Waals surface area contributed by atoms with Crippen LogP contribution in [0, 0.1) is 5.92 Å². The summed E-state index contributed by atoms with van der Waals surface area (Å²) in [5, 5.41) is 6.27. The zero-order valence-corrected chi connectivity index (χ0v) is 15.6. The summed E-state index contributed by atoms with van der Waals surface area (Å²) in [4.78, 5) is 33.4. The third kappa shape index (κ3) is 4.56. The average molecular weight is 388 g/mol. The van der Waals surface area contributed by atoms with E-state index in [0.29, 0.717) is 18.0 Å². The fourth-order valence-corrected chi connectivity index (χ4v) is 3.42. The van der Waals surface area contributed by atoms with Crippen molar-refractivity contribution >= 4 is 29.3 Å². The summed E-state index contributed by atoms with van der Waals surface area (Å²) < 4.78 is 0. The van der Waals surface area contributed by atoms with Crippen LogP contribution >= 0.6 is 12.4 Å². The molecule has 0 radical (unpaired) electrons. The summed E-state index contributed by atoms with van der Waals surface area (Å²) in [6, 6.07) is 7.49. The third-order valence-corrected chi connectivity index (χ3v) is 4.78. The molecule has 0 saturated carbocycles. The van der Waals surface area contributed by atoms with E-state index in [9.17, 15) is 9.59 Å². The second-order valence-corrected chi connectivity index (χ2v) is 6.79. The lowest BCUT2D eigenvalue weighted by Gasteiger charge is -2.10. The summed E-state index contributed by atoms with van der Waals surface area (Å²) >= 11 is 0. The molecule has 4 rings (SSSR count). The monoisotopic (exact) mass is 387 g/mol. The number of rotatable bonds is 5. The van der Waals surface area contributed by atoms with Gasteiger partial charge in [-0.25, -0.2) is 4.79 Å². The standard InChI is InChI=1S/C19H21N5O2.ClH/c25-18(15-6-14(9-21-11-15)5-13-3-4-20-8-13)22-10-12-1-2-16-17(7-12)24-19(26)23-16;/h1-2,6-7,9,11,13,20H,3-5,8,10H2,(H,22,25)(H2,23,24,26);1H. The maximum Gasteiger partial charge on any atom is 0.323 e. The van der Waals surface area contributed by atoms with Gasteiger partial charge in [-0.15, -0.1) is 12.4 Å². The average Bonchev–Trinajstić information content (AvgIpc) is 3.27. The van der Waals surface area contributed by atoms with Crippen LogP contribution in [-0.4, -0.2) is 33.9 Å². The molecular weight excluding hydrogens is 366 g/mol. The number of hydrogen-bond donors (Lipinski definition) is 4. The third-order valence-electron chi connectivity index (χ3n) is 4.78. The van der Waals surface area contributed by atoms with E-state index in [1.807, 2.05) is 30.5 Å². The van der Waals surface area contributed by atoms with Gasteiger partial charge in [0, 0.05) is 18.9 Å². The van der Waals surface area contributed by atoms with Crippen molar-refractivity contribution in [3.8, 4) is 0 Å². The quantitative estimate of drug-likeness (QED) is 0.535. The van der Waals surface area contributed by atoms with Gasteiger partial charge in [-0.1, -0.05) is 6.07 Å². The molecular formula is C19H22ClN5O2. The van der Waals surface area contributed by atoms with Gasteiger partial charge in [0.05, 0.1) is 16.6 Å². The molecule has 2 aromatic heterocycles. The second-order valence-electron chi connectivity index (χ2n) is 6.79. The van der Waals surface area contributed by atoms with Crippen LogP contribution in [0.1, 0.15) is 27.9 Å². The number of benzene rings is 1. The molecule has 3 heterocycles. The molecule has 7 nitrogen and oxygen atoms in total. The van der Waals surface area contributed by atoms with Crippen LogP contribution in [0.15, 0.2) is 41.5 Å². The molecule has 4 N–H and O–H groups in total. The number of aromatic nitrogens is 3. The summed E-state index contributed by atoms with van der Waals surface area (Å²) in [5.74, 6) is 0.469. The predicted molar refractivity (Wildman–Crippen MR) is 106 cm³/mol. The first-order valence-corrected chi connectivity index (χ1v) is 8.81.